The number of nitrogens with one attached hydrogen (secondary N) is 1. The van der Waals surface area contributed by atoms with E-state index >= 15 is 0 Å². The summed E-state index contributed by atoms with van der Waals surface area (Å²) >= 11 is 0. The molecule has 0 spiro atoms. The van der Waals surface area contributed by atoms with E-state index in [1.54, 1.807) is 0 Å². The van der Waals surface area contributed by atoms with Gasteiger partial charge in [0.05, 0.1) is 12.8 Å². The van der Waals surface area contributed by atoms with Gasteiger partial charge >= 0.3 is 16.5 Å². The zero-order chi connectivity index (χ0) is 15.7. The molecule has 21 heavy (non-hydrogen) atoms. The number of aryl methyl sites for hydroxylation is 1. The van der Waals surface area contributed by atoms with Gasteiger partial charge in [0.15, 0.2) is 10.8 Å². The van der Waals surface area contributed by atoms with E-state index in [4.69, 9.17) is 4.18 Å². The molecule has 0 unspecified atom stereocenters. The summed E-state index contributed by atoms with van der Waals surface area (Å²) in [5.74, 6) is -0.446. The van der Waals surface area contributed by atoms with Crippen LogP contribution in [0.2, 0.25) is 0 Å². The molecule has 2 heterocycles. The maximum absolute atomic E-state index is 12.1. The third-order valence-electron chi connectivity index (χ3n) is 2.84. The molecule has 1 saturated heterocycles. The first-order chi connectivity index (χ1) is 9.67. The summed E-state index contributed by atoms with van der Waals surface area (Å²) in [6.07, 6.45) is -4.15. The summed E-state index contributed by atoms with van der Waals surface area (Å²) in [6.45, 7) is 2.63. The summed E-state index contributed by atoms with van der Waals surface area (Å²) in [5.41, 5.74) is -0.00480. The molecule has 2 rings (SSSR count). The van der Waals surface area contributed by atoms with Crippen molar-refractivity contribution in [2.75, 3.05) is 19.7 Å². The van der Waals surface area contributed by atoms with Gasteiger partial charge in [-0.2, -0.15) is 8.42 Å². The molecule has 1 aliphatic heterocycles. The maximum Gasteiger partial charge on any atom is 0.573 e. The van der Waals surface area contributed by atoms with Crippen LogP contribution in [0.3, 0.4) is 0 Å². The second-order valence-electron chi connectivity index (χ2n) is 4.60. The summed E-state index contributed by atoms with van der Waals surface area (Å²) in [4.78, 5) is 3.46. The van der Waals surface area contributed by atoms with Gasteiger partial charge in [-0.05, 0) is 18.6 Å². The summed E-state index contributed by atoms with van der Waals surface area (Å²) in [6, 6.07) is 0.982. The fraction of sp³-hybridized carbons (Fsp3) is 0.545. The average molecular weight is 326 g/mol. The third kappa shape index (κ3) is 4.29. The molecule has 0 aliphatic carbocycles. The molecular formula is C11H13F3N2O4S. The van der Waals surface area contributed by atoms with Crippen molar-refractivity contribution >= 4 is 10.1 Å². The fourth-order valence-corrected chi connectivity index (χ4v) is 2.59. The number of hydrogen-bond acceptors (Lipinski definition) is 6. The number of aromatic nitrogens is 1. The van der Waals surface area contributed by atoms with E-state index in [-0.39, 0.29) is 18.1 Å². The molecule has 10 heteroatoms. The van der Waals surface area contributed by atoms with Gasteiger partial charge in [-0.25, -0.2) is 4.98 Å². The first-order valence-electron chi connectivity index (χ1n) is 6.00. The van der Waals surface area contributed by atoms with Gasteiger partial charge in [-0.3, -0.25) is 4.18 Å². The van der Waals surface area contributed by atoms with Crippen molar-refractivity contribution in [3.63, 3.8) is 0 Å². The highest BCUT2D eigenvalue weighted by Crippen LogP contribution is 2.26. The molecule has 1 aromatic rings. The van der Waals surface area contributed by atoms with E-state index in [1.807, 2.05) is 0 Å². The normalized spacial score (nSPS) is 16.6. The molecule has 6 nitrogen and oxygen atoms in total. The highest BCUT2D eigenvalue weighted by atomic mass is 32.2. The van der Waals surface area contributed by atoms with Gasteiger partial charge in [0.2, 0.25) is 0 Å². The highest BCUT2D eigenvalue weighted by molar-refractivity contribution is 7.86. The lowest BCUT2D eigenvalue weighted by Crippen LogP contribution is -2.44. The van der Waals surface area contributed by atoms with Crippen molar-refractivity contribution in [2.45, 2.75) is 18.3 Å². The van der Waals surface area contributed by atoms with E-state index in [9.17, 15) is 21.6 Å². The predicted molar refractivity (Wildman–Crippen MR) is 65.2 cm³/mol. The molecule has 0 bridgehead atoms. The average Bonchev–Trinajstić information content (AvgIpc) is 2.27. The number of nitrogens with zero attached hydrogens (tertiary/aromatic N) is 1. The Bertz CT molecular complexity index is 614. The van der Waals surface area contributed by atoms with Crippen molar-refractivity contribution in [3.8, 4) is 5.75 Å². The minimum absolute atomic E-state index is 0.00480. The molecule has 1 fully saturated rings. The Balaban J connectivity index is 2.10. The second kappa shape index (κ2) is 5.78. The summed E-state index contributed by atoms with van der Waals surface area (Å²) in [7, 11) is -4.09. The lowest BCUT2D eigenvalue weighted by Gasteiger charge is -2.26. The second-order valence-corrected chi connectivity index (χ2v) is 6.16. The fourth-order valence-electron chi connectivity index (χ4n) is 1.60. The standard InChI is InChI=1S/C11H13F3N2O4S/c1-7-2-10(16-5-9(7)20-11(12,13)14)21(17,18)19-6-8-3-15-4-8/h2,5,8,15H,3-4,6H2,1H3. The Morgan fingerprint density at radius 3 is 2.57 bits per heavy atom. The van der Waals surface area contributed by atoms with Gasteiger partial charge in [-0.15, -0.1) is 13.2 Å². The molecule has 1 aromatic heterocycles. The third-order valence-corrected chi connectivity index (χ3v) is 4.03. The van der Waals surface area contributed by atoms with Gasteiger partial charge < -0.3 is 10.1 Å². The van der Waals surface area contributed by atoms with Crippen LogP contribution in [-0.4, -0.2) is 39.5 Å². The minimum Gasteiger partial charge on any atom is -0.404 e. The Morgan fingerprint density at radius 2 is 2.10 bits per heavy atom. The van der Waals surface area contributed by atoms with Crippen LogP contribution in [0, 0.1) is 12.8 Å². The molecule has 0 aromatic carbocycles. The molecular weight excluding hydrogens is 313 g/mol. The maximum atomic E-state index is 12.1. The van der Waals surface area contributed by atoms with Crippen LogP contribution in [0.4, 0.5) is 13.2 Å². The summed E-state index contributed by atoms with van der Waals surface area (Å²) in [5, 5.41) is 2.52. The molecule has 0 amide bonds. The SMILES string of the molecule is Cc1cc(S(=O)(=O)OCC2CNC2)ncc1OC(F)(F)F. The first kappa shape index (κ1) is 16.0. The minimum atomic E-state index is -4.86. The number of rotatable bonds is 5. The van der Waals surface area contributed by atoms with E-state index in [1.165, 1.54) is 6.92 Å². The lowest BCUT2D eigenvalue weighted by atomic mass is 10.1. The van der Waals surface area contributed by atoms with E-state index in [2.05, 4.69) is 15.0 Å². The molecule has 1 N–H and O–H groups in total. The van der Waals surface area contributed by atoms with Gasteiger partial charge in [0.1, 0.15) is 0 Å². The monoisotopic (exact) mass is 326 g/mol. The van der Waals surface area contributed by atoms with Crippen molar-refractivity contribution in [2.24, 2.45) is 5.92 Å². The smallest absolute Gasteiger partial charge is 0.404 e. The predicted octanol–water partition coefficient (Wildman–Crippen LogP) is 1.21. The van der Waals surface area contributed by atoms with Crippen molar-refractivity contribution in [3.05, 3.63) is 17.8 Å². The van der Waals surface area contributed by atoms with Crippen LogP contribution in [0.25, 0.3) is 0 Å². The zero-order valence-corrected chi connectivity index (χ0v) is 11.8. The van der Waals surface area contributed by atoms with E-state index in [0.29, 0.717) is 19.3 Å². The molecule has 118 valence electrons. The van der Waals surface area contributed by atoms with Crippen LogP contribution in [-0.2, 0) is 14.3 Å². The number of ether oxygens (including phenoxy) is 1. The Kier molecular flexibility index (Phi) is 4.40. The van der Waals surface area contributed by atoms with Crippen molar-refractivity contribution < 1.29 is 30.5 Å². The Morgan fingerprint density at radius 1 is 1.43 bits per heavy atom. The van der Waals surface area contributed by atoms with Crippen molar-refractivity contribution in [1.29, 1.82) is 0 Å². The number of pyridine rings is 1. The first-order valence-corrected chi connectivity index (χ1v) is 7.41. The Hall–Kier alpha value is -1.39. The molecule has 1 aliphatic rings. The number of halogens is 3. The molecule has 0 saturated carbocycles. The largest absolute Gasteiger partial charge is 0.573 e. The van der Waals surface area contributed by atoms with Gasteiger partial charge in [0.25, 0.3) is 0 Å². The van der Waals surface area contributed by atoms with E-state index in [0.717, 1.165) is 6.07 Å². The van der Waals surface area contributed by atoms with Crippen LogP contribution in [0.5, 0.6) is 5.75 Å². The molecule has 0 atom stereocenters. The van der Waals surface area contributed by atoms with Crippen molar-refractivity contribution in [1.82, 2.24) is 10.3 Å². The van der Waals surface area contributed by atoms with Crippen LogP contribution < -0.4 is 10.1 Å². The quantitative estimate of drug-likeness (QED) is 0.820. The topological polar surface area (TPSA) is 77.5 Å². The molecule has 0 radical (unpaired) electrons. The number of alkyl halides is 3. The van der Waals surface area contributed by atoms with Crippen LogP contribution in [0.15, 0.2) is 17.3 Å². The summed E-state index contributed by atoms with van der Waals surface area (Å²) < 4.78 is 68.6. The van der Waals surface area contributed by atoms with Crippen LogP contribution in [0.1, 0.15) is 5.56 Å². The Labute approximate surface area is 119 Å². The number of hydrogen-bond donors (Lipinski definition) is 1. The zero-order valence-electron chi connectivity index (χ0n) is 11.0. The van der Waals surface area contributed by atoms with E-state index < -0.39 is 27.3 Å². The lowest BCUT2D eigenvalue weighted by molar-refractivity contribution is -0.275. The van der Waals surface area contributed by atoms with Crippen LogP contribution >= 0.6 is 0 Å². The van der Waals surface area contributed by atoms with Gasteiger partial charge in [-0.1, -0.05) is 0 Å². The van der Waals surface area contributed by atoms with Gasteiger partial charge in [0, 0.05) is 19.0 Å². The highest BCUT2D eigenvalue weighted by Gasteiger charge is 2.32.